The first-order valence-electron chi connectivity index (χ1n) is 6.12. The van der Waals surface area contributed by atoms with Gasteiger partial charge in [-0.15, -0.1) is 0 Å². The molecule has 9 heteroatoms. The van der Waals surface area contributed by atoms with E-state index < -0.39 is 11.7 Å². The molecule has 0 unspecified atom stereocenters. The van der Waals surface area contributed by atoms with Crippen LogP contribution in [-0.2, 0) is 6.18 Å². The highest BCUT2D eigenvalue weighted by molar-refractivity contribution is 6.33. The predicted octanol–water partition coefficient (Wildman–Crippen LogP) is 3.11. The first-order chi connectivity index (χ1) is 9.66. The Bertz CT molecular complexity index is 520. The zero-order valence-corrected chi connectivity index (χ0v) is 12.3. The van der Waals surface area contributed by atoms with Gasteiger partial charge in [-0.1, -0.05) is 16.8 Å². The monoisotopic (exact) mass is 324 g/mol. The highest BCUT2D eigenvalue weighted by Gasteiger charge is 2.32. The van der Waals surface area contributed by atoms with Gasteiger partial charge in [-0.05, 0) is 19.9 Å². The molecule has 0 bridgehead atoms. The van der Waals surface area contributed by atoms with Gasteiger partial charge in [0, 0.05) is 25.2 Å². The van der Waals surface area contributed by atoms with E-state index in [-0.39, 0.29) is 29.1 Å². The number of nitrogens with zero attached hydrogens (tertiary/aromatic N) is 3. The number of alkyl halides is 3. The molecular formula is C12H16ClF3N4O. The summed E-state index contributed by atoms with van der Waals surface area (Å²) in [7, 11) is 0. The summed E-state index contributed by atoms with van der Waals surface area (Å²) in [4.78, 5) is 5.48. The molecule has 1 heterocycles. The van der Waals surface area contributed by atoms with E-state index in [9.17, 15) is 13.2 Å². The molecule has 1 aromatic rings. The van der Waals surface area contributed by atoms with Crippen molar-refractivity contribution in [1.29, 1.82) is 0 Å². The maximum absolute atomic E-state index is 12.6. The lowest BCUT2D eigenvalue weighted by Crippen LogP contribution is -2.35. The van der Waals surface area contributed by atoms with Crippen LogP contribution in [-0.4, -0.2) is 28.6 Å². The molecule has 0 aliphatic rings. The highest BCUT2D eigenvalue weighted by Crippen LogP contribution is 2.34. The molecule has 0 saturated carbocycles. The Balaban J connectivity index is 3.04. The number of hydrogen-bond donors (Lipinski definition) is 2. The summed E-state index contributed by atoms with van der Waals surface area (Å²) in [6, 6.07) is 0.765. The number of anilines is 1. The van der Waals surface area contributed by atoms with Crippen LogP contribution in [0, 0.1) is 0 Å². The third-order valence-corrected chi connectivity index (χ3v) is 3.06. The van der Waals surface area contributed by atoms with E-state index >= 15 is 0 Å². The number of pyridine rings is 1. The molecule has 0 aliphatic carbocycles. The Morgan fingerprint density at radius 2 is 2.14 bits per heavy atom. The number of aromatic nitrogens is 1. The van der Waals surface area contributed by atoms with Gasteiger partial charge in [0.25, 0.3) is 0 Å². The first-order valence-corrected chi connectivity index (χ1v) is 6.50. The molecule has 0 fully saturated rings. The normalized spacial score (nSPS) is 12.8. The second-order valence-corrected chi connectivity index (χ2v) is 5.06. The van der Waals surface area contributed by atoms with Crippen LogP contribution in [0.5, 0.6) is 0 Å². The van der Waals surface area contributed by atoms with E-state index in [0.29, 0.717) is 6.54 Å². The van der Waals surface area contributed by atoms with Crippen molar-refractivity contribution in [3.05, 3.63) is 22.8 Å². The Morgan fingerprint density at radius 1 is 1.52 bits per heavy atom. The van der Waals surface area contributed by atoms with E-state index in [0.717, 1.165) is 12.3 Å². The van der Waals surface area contributed by atoms with Crippen molar-refractivity contribution < 1.29 is 18.4 Å². The third kappa shape index (κ3) is 4.66. The van der Waals surface area contributed by atoms with Gasteiger partial charge in [-0.25, -0.2) is 4.98 Å². The molecule has 118 valence electrons. The largest absolute Gasteiger partial charge is 0.417 e. The van der Waals surface area contributed by atoms with Crippen molar-refractivity contribution >= 4 is 23.3 Å². The van der Waals surface area contributed by atoms with E-state index in [2.05, 4.69) is 10.1 Å². The van der Waals surface area contributed by atoms with Crippen LogP contribution >= 0.6 is 11.6 Å². The second kappa shape index (κ2) is 6.84. The van der Waals surface area contributed by atoms with Crippen LogP contribution in [0.1, 0.15) is 25.8 Å². The van der Waals surface area contributed by atoms with Gasteiger partial charge < -0.3 is 15.8 Å². The standard InChI is InChI=1S/C12H16ClF3N4O/c1-7(2)20(4-3-10(17)19-21)11-9(13)5-8(6-18-11)12(14,15)16/h5-7,21H,3-4H2,1-2H3,(H2,17,19). The zero-order valence-electron chi connectivity index (χ0n) is 11.5. The summed E-state index contributed by atoms with van der Waals surface area (Å²) in [5, 5.41) is 11.3. The van der Waals surface area contributed by atoms with Crippen molar-refractivity contribution in [2.24, 2.45) is 10.9 Å². The maximum atomic E-state index is 12.6. The van der Waals surface area contributed by atoms with Crippen LogP contribution in [0.25, 0.3) is 0 Å². The topological polar surface area (TPSA) is 74.7 Å². The molecule has 0 amide bonds. The minimum atomic E-state index is -4.49. The van der Waals surface area contributed by atoms with Crippen LogP contribution in [0.15, 0.2) is 17.4 Å². The van der Waals surface area contributed by atoms with Crippen LogP contribution in [0.3, 0.4) is 0 Å². The summed E-state index contributed by atoms with van der Waals surface area (Å²) < 4.78 is 37.8. The fourth-order valence-electron chi connectivity index (χ4n) is 1.69. The Kier molecular flexibility index (Phi) is 5.65. The maximum Gasteiger partial charge on any atom is 0.417 e. The van der Waals surface area contributed by atoms with E-state index in [1.807, 2.05) is 13.8 Å². The zero-order chi connectivity index (χ0) is 16.2. The number of nitrogens with two attached hydrogens (primary N) is 1. The summed E-state index contributed by atoms with van der Waals surface area (Å²) in [6.45, 7) is 3.98. The predicted molar refractivity (Wildman–Crippen MR) is 74.8 cm³/mol. The lowest BCUT2D eigenvalue weighted by Gasteiger charge is -2.28. The smallest absolute Gasteiger partial charge is 0.409 e. The first kappa shape index (κ1) is 17.4. The van der Waals surface area contributed by atoms with Gasteiger partial charge >= 0.3 is 6.18 Å². The SMILES string of the molecule is CC(C)N(CCC(N)=NO)c1ncc(C(F)(F)F)cc1Cl. The number of oxime groups is 1. The van der Waals surface area contributed by atoms with Crippen LogP contribution in [0.4, 0.5) is 19.0 Å². The van der Waals surface area contributed by atoms with Gasteiger partial charge in [-0.2, -0.15) is 13.2 Å². The Labute approximate surface area is 125 Å². The molecule has 0 aromatic carbocycles. The summed E-state index contributed by atoms with van der Waals surface area (Å²) in [6.07, 6.45) is -3.53. The van der Waals surface area contributed by atoms with Crippen molar-refractivity contribution in [3.63, 3.8) is 0 Å². The van der Waals surface area contributed by atoms with E-state index in [1.54, 1.807) is 4.90 Å². The molecule has 1 rings (SSSR count). The molecule has 3 N–H and O–H groups in total. The van der Waals surface area contributed by atoms with E-state index in [1.165, 1.54) is 0 Å². The van der Waals surface area contributed by atoms with Crippen molar-refractivity contribution in [3.8, 4) is 0 Å². The van der Waals surface area contributed by atoms with Crippen LogP contribution in [0.2, 0.25) is 5.02 Å². The van der Waals surface area contributed by atoms with Gasteiger partial charge in [-0.3, -0.25) is 0 Å². The molecule has 5 nitrogen and oxygen atoms in total. The molecule has 0 radical (unpaired) electrons. The summed E-state index contributed by atoms with van der Waals surface area (Å²) in [5.74, 6) is 0.245. The summed E-state index contributed by atoms with van der Waals surface area (Å²) in [5.41, 5.74) is 4.48. The Morgan fingerprint density at radius 3 is 2.57 bits per heavy atom. The summed E-state index contributed by atoms with van der Waals surface area (Å²) >= 11 is 5.91. The average molecular weight is 325 g/mol. The number of halogens is 4. The average Bonchev–Trinajstić information content (AvgIpc) is 2.38. The molecule has 0 aliphatic heterocycles. The number of amidine groups is 1. The van der Waals surface area contributed by atoms with Gasteiger partial charge in [0.2, 0.25) is 0 Å². The van der Waals surface area contributed by atoms with Crippen LogP contribution < -0.4 is 10.6 Å². The van der Waals surface area contributed by atoms with Crippen molar-refractivity contribution in [2.45, 2.75) is 32.5 Å². The highest BCUT2D eigenvalue weighted by atomic mass is 35.5. The van der Waals surface area contributed by atoms with E-state index in [4.69, 9.17) is 22.5 Å². The number of hydrogen-bond acceptors (Lipinski definition) is 4. The lowest BCUT2D eigenvalue weighted by atomic mass is 10.2. The van der Waals surface area contributed by atoms with Gasteiger partial charge in [0.1, 0.15) is 11.7 Å². The van der Waals surface area contributed by atoms with Crippen molar-refractivity contribution in [1.82, 2.24) is 4.98 Å². The fourth-order valence-corrected chi connectivity index (χ4v) is 1.97. The lowest BCUT2D eigenvalue weighted by molar-refractivity contribution is -0.137. The second-order valence-electron chi connectivity index (χ2n) is 4.66. The fraction of sp³-hybridized carbons (Fsp3) is 0.500. The van der Waals surface area contributed by atoms with Gasteiger partial charge in [0.05, 0.1) is 10.6 Å². The molecular weight excluding hydrogens is 309 g/mol. The minimum absolute atomic E-state index is 0.0173. The molecule has 0 spiro atoms. The molecule has 1 aromatic heterocycles. The third-order valence-electron chi connectivity index (χ3n) is 2.78. The Hall–Kier alpha value is -1.70. The molecule has 21 heavy (non-hydrogen) atoms. The van der Waals surface area contributed by atoms with Gasteiger partial charge in [0.15, 0.2) is 0 Å². The quantitative estimate of drug-likeness (QED) is 0.378. The molecule has 0 saturated heterocycles. The molecule has 0 atom stereocenters. The minimum Gasteiger partial charge on any atom is -0.409 e. The number of rotatable bonds is 5. The van der Waals surface area contributed by atoms with Crippen molar-refractivity contribution in [2.75, 3.05) is 11.4 Å².